The maximum absolute atomic E-state index is 13.3. The van der Waals surface area contributed by atoms with Crippen molar-refractivity contribution >= 4 is 35.4 Å². The average Bonchev–Trinajstić information content (AvgIpc) is 3.51. The maximum Gasteiger partial charge on any atom is 0.315 e. The third-order valence-electron chi connectivity index (χ3n) is 5.95. The summed E-state index contributed by atoms with van der Waals surface area (Å²) in [5, 5.41) is 12.9. The summed E-state index contributed by atoms with van der Waals surface area (Å²) in [6.07, 6.45) is 5.15. The van der Waals surface area contributed by atoms with Crippen molar-refractivity contribution < 1.29 is 28.8 Å². The Hall–Kier alpha value is -3.22. The number of urea groups is 1. The van der Waals surface area contributed by atoms with Crippen LogP contribution in [0.25, 0.3) is 0 Å². The predicted molar refractivity (Wildman–Crippen MR) is 169 cm³/mol. The SMILES string of the molecule is CC(C)NC(=O)CNC(=O)NC(C(=O)N1CCC[C@H]1C(=O)NC(C)C(=O)C(N)=O)C(C)(C)C.CC1CC1.CCC.CNC. The molecular weight excluding hydrogens is 554 g/mol. The van der Waals surface area contributed by atoms with Crippen LogP contribution < -0.4 is 32.3 Å². The van der Waals surface area contributed by atoms with E-state index in [9.17, 15) is 28.8 Å². The van der Waals surface area contributed by atoms with Crippen LogP contribution in [0, 0.1) is 11.3 Å². The highest BCUT2D eigenvalue weighted by Gasteiger charge is 2.42. The van der Waals surface area contributed by atoms with Crippen LogP contribution >= 0.6 is 0 Å². The van der Waals surface area contributed by atoms with E-state index < -0.39 is 53.1 Å². The van der Waals surface area contributed by atoms with Crippen molar-refractivity contribution in [3.8, 4) is 0 Å². The average molecular weight is 614 g/mol. The van der Waals surface area contributed by atoms with Gasteiger partial charge < -0.3 is 37.2 Å². The van der Waals surface area contributed by atoms with E-state index >= 15 is 0 Å². The Morgan fingerprint density at radius 1 is 0.907 bits per heavy atom. The second-order valence-corrected chi connectivity index (χ2v) is 12.4. The number of nitrogens with two attached hydrogens (primary N) is 1. The van der Waals surface area contributed by atoms with Crippen molar-refractivity contribution in [1.29, 1.82) is 0 Å². The Kier molecular flexibility index (Phi) is 20.9. The summed E-state index contributed by atoms with van der Waals surface area (Å²) < 4.78 is 0. The Morgan fingerprint density at radius 2 is 1.40 bits per heavy atom. The zero-order chi connectivity index (χ0) is 33.9. The number of hydrogen-bond donors (Lipinski definition) is 6. The molecule has 1 aliphatic carbocycles. The minimum Gasteiger partial charge on any atom is -0.363 e. The number of likely N-dealkylation sites (tertiary alicyclic amines) is 1. The molecule has 0 aromatic rings. The van der Waals surface area contributed by atoms with Gasteiger partial charge in [-0.3, -0.25) is 24.0 Å². The zero-order valence-corrected chi connectivity index (χ0v) is 28.3. The van der Waals surface area contributed by atoms with Gasteiger partial charge >= 0.3 is 6.03 Å². The first-order valence-electron chi connectivity index (χ1n) is 15.2. The summed E-state index contributed by atoms with van der Waals surface area (Å²) in [6, 6.07) is -3.73. The number of nitrogens with one attached hydrogen (secondary N) is 5. The quantitative estimate of drug-likeness (QED) is 0.212. The second kappa shape index (κ2) is 21.5. The maximum atomic E-state index is 13.3. The highest BCUT2D eigenvalue weighted by molar-refractivity contribution is 6.37. The molecule has 2 unspecified atom stereocenters. The van der Waals surface area contributed by atoms with Crippen LogP contribution in [0.3, 0.4) is 0 Å². The molecule has 6 amide bonds. The highest BCUT2D eigenvalue weighted by atomic mass is 16.2. The van der Waals surface area contributed by atoms with Crippen LogP contribution in [0.1, 0.15) is 94.4 Å². The Bertz CT molecular complexity index is 898. The first-order chi connectivity index (χ1) is 19.9. The summed E-state index contributed by atoms with van der Waals surface area (Å²) in [7, 11) is 3.75. The smallest absolute Gasteiger partial charge is 0.315 e. The molecule has 3 atom stereocenters. The molecule has 13 nitrogen and oxygen atoms in total. The van der Waals surface area contributed by atoms with Crippen LogP contribution in [0.2, 0.25) is 0 Å². The molecule has 0 aromatic heterocycles. The number of hydrogen-bond acceptors (Lipinski definition) is 7. The van der Waals surface area contributed by atoms with Gasteiger partial charge in [-0.05, 0) is 59.0 Å². The Labute approximate surface area is 258 Å². The van der Waals surface area contributed by atoms with Gasteiger partial charge in [0.25, 0.3) is 5.91 Å². The molecule has 0 aromatic carbocycles. The van der Waals surface area contributed by atoms with E-state index in [-0.39, 0.29) is 18.5 Å². The minimum atomic E-state index is -1.16. The van der Waals surface area contributed by atoms with Gasteiger partial charge in [-0.1, -0.05) is 60.8 Å². The second-order valence-electron chi connectivity index (χ2n) is 12.4. The standard InChI is InChI=1S/C21H36N6O6.C4H8.C3H8.C2H7N/c1-11(2)24-14(28)10-23-20(33)26-16(21(4,5)6)19(32)27-9-7-8-13(27)18(31)25-12(3)15(29)17(22)30;1-4-2-3-4;2*1-3-2/h11-13,16H,7-10H2,1-6H3,(H2,22,30)(H,24,28)(H,25,31)(H2,23,26,33);4H,2-3H2,1H3;3H2,1-2H3;3H,1-2H3/t12?,13-,16?;;;/m0.../s1. The fourth-order valence-electron chi connectivity index (χ4n) is 3.59. The number of amides is 6. The van der Waals surface area contributed by atoms with Gasteiger partial charge in [-0.15, -0.1) is 0 Å². The summed E-state index contributed by atoms with van der Waals surface area (Å²) in [6.45, 7) is 16.8. The van der Waals surface area contributed by atoms with E-state index in [1.807, 2.05) is 14.1 Å². The van der Waals surface area contributed by atoms with E-state index in [1.54, 1.807) is 34.6 Å². The molecule has 0 bridgehead atoms. The monoisotopic (exact) mass is 613 g/mol. The van der Waals surface area contributed by atoms with Crippen LogP contribution in [0.4, 0.5) is 4.79 Å². The fraction of sp³-hybridized carbons (Fsp3) is 0.800. The molecule has 43 heavy (non-hydrogen) atoms. The molecule has 1 saturated heterocycles. The van der Waals surface area contributed by atoms with Gasteiger partial charge in [0.1, 0.15) is 12.1 Å². The van der Waals surface area contributed by atoms with E-state index in [0.717, 1.165) is 5.92 Å². The number of rotatable bonds is 9. The first kappa shape index (κ1) is 41.9. The van der Waals surface area contributed by atoms with Crippen molar-refractivity contribution in [3.05, 3.63) is 0 Å². The van der Waals surface area contributed by atoms with E-state index in [0.29, 0.717) is 19.4 Å². The van der Waals surface area contributed by atoms with Crippen LogP contribution in [0.15, 0.2) is 0 Å². The van der Waals surface area contributed by atoms with E-state index in [2.05, 4.69) is 47.4 Å². The third kappa shape index (κ3) is 18.8. The Morgan fingerprint density at radius 3 is 1.79 bits per heavy atom. The number of Topliss-reactive ketones (excluding diaryl/α,β-unsaturated/α-hetero) is 1. The lowest BCUT2D eigenvalue weighted by atomic mass is 9.85. The van der Waals surface area contributed by atoms with Crippen molar-refractivity contribution in [1.82, 2.24) is 31.5 Å². The van der Waals surface area contributed by atoms with Gasteiger partial charge in [-0.2, -0.15) is 0 Å². The van der Waals surface area contributed by atoms with Crippen LogP contribution in [-0.4, -0.2) is 91.7 Å². The van der Waals surface area contributed by atoms with Gasteiger partial charge in [0.15, 0.2) is 0 Å². The van der Waals surface area contributed by atoms with Crippen molar-refractivity contribution in [2.24, 2.45) is 17.1 Å². The van der Waals surface area contributed by atoms with Gasteiger partial charge in [0.2, 0.25) is 23.5 Å². The van der Waals surface area contributed by atoms with Crippen molar-refractivity contribution in [3.63, 3.8) is 0 Å². The molecule has 2 fully saturated rings. The van der Waals surface area contributed by atoms with E-state index in [4.69, 9.17) is 5.73 Å². The van der Waals surface area contributed by atoms with Crippen molar-refractivity contribution in [2.45, 2.75) is 119 Å². The lowest BCUT2D eigenvalue weighted by molar-refractivity contribution is -0.143. The molecule has 1 saturated carbocycles. The zero-order valence-electron chi connectivity index (χ0n) is 28.3. The number of ketones is 1. The fourth-order valence-corrected chi connectivity index (χ4v) is 3.59. The molecule has 7 N–H and O–H groups in total. The minimum absolute atomic E-state index is 0.0782. The van der Waals surface area contributed by atoms with E-state index in [1.165, 1.54) is 31.1 Å². The molecule has 1 heterocycles. The molecule has 2 rings (SSSR count). The normalized spacial score (nSPS) is 16.8. The van der Waals surface area contributed by atoms with Gasteiger partial charge in [0.05, 0.1) is 12.6 Å². The first-order valence-corrected chi connectivity index (χ1v) is 15.2. The summed E-state index contributed by atoms with van der Waals surface area (Å²) >= 11 is 0. The number of primary amides is 1. The molecule has 0 radical (unpaired) electrons. The topological polar surface area (TPSA) is 192 Å². The third-order valence-corrected chi connectivity index (χ3v) is 5.95. The van der Waals surface area contributed by atoms with Crippen LogP contribution in [0.5, 0.6) is 0 Å². The molecular formula is C30H59N7O6. The summed E-state index contributed by atoms with van der Waals surface area (Å²) in [5.74, 6) is -2.42. The summed E-state index contributed by atoms with van der Waals surface area (Å²) in [4.78, 5) is 74.3. The molecule has 1 aliphatic heterocycles. The van der Waals surface area contributed by atoms with Gasteiger partial charge in [0, 0.05) is 12.6 Å². The lowest BCUT2D eigenvalue weighted by Gasteiger charge is -2.35. The lowest BCUT2D eigenvalue weighted by Crippen LogP contribution is -2.60. The molecule has 0 spiro atoms. The molecule has 250 valence electrons. The van der Waals surface area contributed by atoms with Gasteiger partial charge in [-0.25, -0.2) is 4.79 Å². The molecule has 2 aliphatic rings. The number of carbonyl (C=O) groups excluding carboxylic acids is 6. The van der Waals surface area contributed by atoms with Crippen LogP contribution in [-0.2, 0) is 24.0 Å². The summed E-state index contributed by atoms with van der Waals surface area (Å²) in [5.41, 5.74) is 4.27. The number of nitrogens with zero attached hydrogens (tertiary/aromatic N) is 1. The molecule has 13 heteroatoms. The number of carbonyl (C=O) groups is 6. The largest absolute Gasteiger partial charge is 0.363 e. The highest BCUT2D eigenvalue weighted by Crippen LogP contribution is 2.27. The predicted octanol–water partition coefficient (Wildman–Crippen LogP) is 1.44. The Balaban J connectivity index is 0. The van der Waals surface area contributed by atoms with Crippen molar-refractivity contribution in [2.75, 3.05) is 27.2 Å².